The zero-order valence-corrected chi connectivity index (χ0v) is 18.1. The zero-order valence-electron chi connectivity index (χ0n) is 18.1. The summed E-state index contributed by atoms with van der Waals surface area (Å²) >= 11 is 0. The first kappa shape index (κ1) is 23.3. The second-order valence-electron chi connectivity index (χ2n) is 8.43. The fraction of sp³-hybridized carbons (Fsp3) is 0.375. The number of hydrogen-bond acceptors (Lipinski definition) is 5. The number of fused-ring (bicyclic) bond motifs is 3. The Morgan fingerprint density at radius 2 is 1.59 bits per heavy atom. The van der Waals surface area contributed by atoms with Gasteiger partial charge in [0.1, 0.15) is 12.6 Å². The van der Waals surface area contributed by atoms with Crippen LogP contribution in [0.15, 0.2) is 48.5 Å². The maximum Gasteiger partial charge on any atom is 0.407 e. The lowest BCUT2D eigenvalue weighted by atomic mass is 9.88. The van der Waals surface area contributed by atoms with Gasteiger partial charge < -0.3 is 25.6 Å². The number of aliphatic carboxylic acids is 1. The van der Waals surface area contributed by atoms with Crippen molar-refractivity contribution in [3.8, 4) is 11.1 Å². The summed E-state index contributed by atoms with van der Waals surface area (Å²) in [4.78, 5) is 35.5. The Bertz CT molecular complexity index is 958. The number of benzene rings is 2. The lowest BCUT2D eigenvalue weighted by Gasteiger charge is -2.25. The SMILES string of the molecule is CC(C)(CCNC(=O)OCC1c2ccccc2-c2ccccc21)C(=O)NC(CO)C(=O)O. The van der Waals surface area contributed by atoms with Crippen LogP contribution in [0.4, 0.5) is 4.79 Å². The van der Waals surface area contributed by atoms with E-state index in [0.717, 1.165) is 22.3 Å². The number of amides is 2. The minimum absolute atomic E-state index is 0.0400. The Morgan fingerprint density at radius 1 is 1.03 bits per heavy atom. The van der Waals surface area contributed by atoms with Crippen molar-refractivity contribution >= 4 is 18.0 Å². The molecule has 0 heterocycles. The molecule has 0 fully saturated rings. The number of nitrogens with one attached hydrogen (secondary N) is 2. The van der Waals surface area contributed by atoms with Gasteiger partial charge in [0.2, 0.25) is 5.91 Å². The van der Waals surface area contributed by atoms with Gasteiger partial charge >= 0.3 is 12.1 Å². The fourth-order valence-corrected chi connectivity index (χ4v) is 3.78. The number of alkyl carbamates (subject to hydrolysis) is 1. The van der Waals surface area contributed by atoms with Crippen molar-refractivity contribution in [1.29, 1.82) is 0 Å². The largest absolute Gasteiger partial charge is 0.480 e. The van der Waals surface area contributed by atoms with Crippen LogP contribution in [-0.2, 0) is 14.3 Å². The molecule has 1 aliphatic carbocycles. The van der Waals surface area contributed by atoms with E-state index in [4.69, 9.17) is 14.9 Å². The Balaban J connectivity index is 1.51. The third-order valence-corrected chi connectivity index (χ3v) is 5.76. The number of rotatable bonds is 9. The summed E-state index contributed by atoms with van der Waals surface area (Å²) in [6.07, 6.45) is -0.317. The average Bonchev–Trinajstić information content (AvgIpc) is 3.09. The van der Waals surface area contributed by atoms with Crippen molar-refractivity contribution in [2.24, 2.45) is 5.41 Å². The maximum atomic E-state index is 12.3. The Hall–Kier alpha value is -3.39. The minimum Gasteiger partial charge on any atom is -0.480 e. The number of carbonyl (C=O) groups excluding carboxylic acids is 2. The predicted molar refractivity (Wildman–Crippen MR) is 118 cm³/mol. The lowest BCUT2D eigenvalue weighted by Crippen LogP contribution is -2.49. The van der Waals surface area contributed by atoms with Gasteiger partial charge in [0.25, 0.3) is 0 Å². The second kappa shape index (κ2) is 9.82. The van der Waals surface area contributed by atoms with Gasteiger partial charge in [0.05, 0.1) is 6.61 Å². The highest BCUT2D eigenvalue weighted by Crippen LogP contribution is 2.44. The van der Waals surface area contributed by atoms with Crippen LogP contribution in [0, 0.1) is 5.41 Å². The van der Waals surface area contributed by atoms with Crippen LogP contribution in [0.1, 0.15) is 37.3 Å². The molecule has 32 heavy (non-hydrogen) atoms. The maximum absolute atomic E-state index is 12.3. The first-order valence-corrected chi connectivity index (χ1v) is 10.5. The van der Waals surface area contributed by atoms with Gasteiger partial charge in [-0.3, -0.25) is 4.79 Å². The minimum atomic E-state index is -1.36. The molecular weight excluding hydrogens is 412 g/mol. The van der Waals surface area contributed by atoms with Crippen LogP contribution < -0.4 is 10.6 Å². The number of carboxylic acid groups (broad SMARTS) is 1. The molecule has 2 aromatic rings. The van der Waals surface area contributed by atoms with Crippen molar-refractivity contribution in [3.63, 3.8) is 0 Å². The van der Waals surface area contributed by atoms with Gasteiger partial charge in [-0.2, -0.15) is 0 Å². The van der Waals surface area contributed by atoms with E-state index in [9.17, 15) is 14.4 Å². The van der Waals surface area contributed by atoms with Crippen molar-refractivity contribution in [1.82, 2.24) is 10.6 Å². The van der Waals surface area contributed by atoms with Crippen molar-refractivity contribution < 1.29 is 29.3 Å². The van der Waals surface area contributed by atoms with Gasteiger partial charge in [-0.05, 0) is 28.7 Å². The summed E-state index contributed by atoms with van der Waals surface area (Å²) in [5.74, 6) is -1.87. The first-order chi connectivity index (χ1) is 15.2. The molecule has 3 rings (SSSR count). The van der Waals surface area contributed by atoms with E-state index in [-0.39, 0.29) is 25.5 Å². The highest BCUT2D eigenvalue weighted by atomic mass is 16.5. The van der Waals surface area contributed by atoms with E-state index >= 15 is 0 Å². The molecule has 0 spiro atoms. The number of aliphatic hydroxyl groups excluding tert-OH is 1. The van der Waals surface area contributed by atoms with E-state index < -0.39 is 36.0 Å². The molecule has 1 aliphatic rings. The quantitative estimate of drug-likeness (QED) is 0.475. The number of carbonyl (C=O) groups is 3. The molecule has 0 aliphatic heterocycles. The third kappa shape index (κ3) is 5.08. The molecule has 0 saturated heterocycles. The average molecular weight is 440 g/mol. The summed E-state index contributed by atoms with van der Waals surface area (Å²) in [6.45, 7) is 2.94. The number of carboxylic acids is 1. The van der Waals surface area contributed by atoms with Gasteiger partial charge in [-0.25, -0.2) is 9.59 Å². The topological polar surface area (TPSA) is 125 Å². The van der Waals surface area contributed by atoms with Crippen molar-refractivity contribution in [2.75, 3.05) is 19.8 Å². The summed E-state index contributed by atoms with van der Waals surface area (Å²) in [7, 11) is 0. The second-order valence-corrected chi connectivity index (χ2v) is 8.43. The summed E-state index contributed by atoms with van der Waals surface area (Å²) in [5, 5.41) is 23.0. The molecule has 8 heteroatoms. The van der Waals surface area contributed by atoms with Crippen LogP contribution in [0.25, 0.3) is 11.1 Å². The predicted octanol–water partition coefficient (Wildman–Crippen LogP) is 2.50. The lowest BCUT2D eigenvalue weighted by molar-refractivity contribution is -0.144. The summed E-state index contributed by atoms with van der Waals surface area (Å²) < 4.78 is 5.47. The molecule has 1 atom stereocenters. The van der Waals surface area contributed by atoms with Crippen LogP contribution in [0.3, 0.4) is 0 Å². The van der Waals surface area contributed by atoms with Gasteiger partial charge in [0, 0.05) is 17.9 Å². The molecule has 2 amide bonds. The standard InChI is InChI=1S/C24H28N2O6/c1-24(2,22(30)26-20(13-27)21(28)29)11-12-25-23(31)32-14-19-17-9-5-3-7-15(17)16-8-4-6-10-18(16)19/h3-10,19-20,27H,11-14H2,1-2H3,(H,25,31)(H,26,30)(H,28,29). The molecule has 4 N–H and O–H groups in total. The molecule has 0 bridgehead atoms. The molecule has 0 saturated carbocycles. The highest BCUT2D eigenvalue weighted by molar-refractivity contribution is 5.87. The smallest absolute Gasteiger partial charge is 0.407 e. The van der Waals surface area contributed by atoms with E-state index in [2.05, 4.69) is 22.8 Å². The number of ether oxygens (including phenoxy) is 1. The van der Waals surface area contributed by atoms with E-state index in [1.165, 1.54) is 0 Å². The van der Waals surface area contributed by atoms with Gasteiger partial charge in [-0.1, -0.05) is 62.4 Å². The summed E-state index contributed by atoms with van der Waals surface area (Å²) in [5.41, 5.74) is 3.59. The highest BCUT2D eigenvalue weighted by Gasteiger charge is 2.32. The molecular formula is C24H28N2O6. The molecule has 170 valence electrons. The Kier molecular flexibility index (Phi) is 7.15. The number of aliphatic hydroxyl groups is 1. The van der Waals surface area contributed by atoms with Crippen molar-refractivity contribution in [2.45, 2.75) is 32.2 Å². The first-order valence-electron chi connectivity index (χ1n) is 10.5. The van der Waals surface area contributed by atoms with Crippen LogP contribution in [0.5, 0.6) is 0 Å². The Labute approximate surface area is 186 Å². The molecule has 0 aromatic heterocycles. The van der Waals surface area contributed by atoms with Crippen LogP contribution in [-0.4, -0.2) is 54.0 Å². The van der Waals surface area contributed by atoms with Gasteiger partial charge in [-0.15, -0.1) is 0 Å². The van der Waals surface area contributed by atoms with Crippen LogP contribution >= 0.6 is 0 Å². The zero-order chi connectivity index (χ0) is 23.3. The molecule has 2 aromatic carbocycles. The van der Waals surface area contributed by atoms with E-state index in [1.54, 1.807) is 13.8 Å². The monoisotopic (exact) mass is 440 g/mol. The molecule has 0 radical (unpaired) electrons. The molecule has 1 unspecified atom stereocenters. The normalized spacial score (nSPS) is 13.6. The van der Waals surface area contributed by atoms with E-state index in [1.807, 2.05) is 36.4 Å². The fourth-order valence-electron chi connectivity index (χ4n) is 3.78. The summed E-state index contributed by atoms with van der Waals surface area (Å²) in [6, 6.07) is 14.8. The van der Waals surface area contributed by atoms with Gasteiger partial charge in [0.15, 0.2) is 0 Å². The third-order valence-electron chi connectivity index (χ3n) is 5.76. The number of hydrogen-bond donors (Lipinski definition) is 4. The van der Waals surface area contributed by atoms with Crippen molar-refractivity contribution in [3.05, 3.63) is 59.7 Å². The Morgan fingerprint density at radius 3 is 2.12 bits per heavy atom. The molecule has 8 nitrogen and oxygen atoms in total. The van der Waals surface area contributed by atoms with Crippen LogP contribution in [0.2, 0.25) is 0 Å². The van der Waals surface area contributed by atoms with E-state index in [0.29, 0.717) is 0 Å².